The van der Waals surface area contributed by atoms with Crippen LogP contribution in [0.25, 0.3) is 22.3 Å². The van der Waals surface area contributed by atoms with E-state index in [0.717, 1.165) is 28.8 Å². The van der Waals surface area contributed by atoms with Crippen molar-refractivity contribution in [3.05, 3.63) is 41.9 Å². The number of hydrogen-bond acceptors (Lipinski definition) is 4. The first kappa shape index (κ1) is 12.5. The Morgan fingerprint density at radius 3 is 2.90 bits per heavy atom. The Morgan fingerprint density at radius 1 is 1.30 bits per heavy atom. The first-order valence-electron chi connectivity index (χ1n) is 6.49. The highest BCUT2D eigenvalue weighted by Crippen LogP contribution is 2.26. The molecule has 5 heteroatoms. The number of Topliss-reactive ketones (excluding diaryl/α,β-unsaturated/α-hetero) is 1. The van der Waals surface area contributed by atoms with Crippen LogP contribution >= 0.6 is 0 Å². The van der Waals surface area contributed by atoms with Gasteiger partial charge in [0.1, 0.15) is 5.69 Å². The molecule has 0 radical (unpaired) electrons. The Morgan fingerprint density at radius 2 is 2.15 bits per heavy atom. The number of aromatic amines is 1. The van der Waals surface area contributed by atoms with E-state index in [-0.39, 0.29) is 5.78 Å². The molecule has 0 fully saturated rings. The monoisotopic (exact) mass is 266 g/mol. The van der Waals surface area contributed by atoms with Crippen LogP contribution in [0.3, 0.4) is 0 Å². The first-order valence-corrected chi connectivity index (χ1v) is 6.49. The third-order valence-electron chi connectivity index (χ3n) is 3.28. The molecule has 0 spiro atoms. The number of pyridine rings is 2. The van der Waals surface area contributed by atoms with Gasteiger partial charge in [-0.15, -0.1) is 0 Å². The molecule has 1 N–H and O–H groups in total. The van der Waals surface area contributed by atoms with Crippen LogP contribution in [-0.4, -0.2) is 25.9 Å². The van der Waals surface area contributed by atoms with Crippen LogP contribution < -0.4 is 0 Å². The van der Waals surface area contributed by atoms with E-state index < -0.39 is 0 Å². The lowest BCUT2D eigenvalue weighted by atomic mass is 10.1. The molecule has 0 aliphatic rings. The molecule has 0 aliphatic carbocycles. The maximum absolute atomic E-state index is 11.5. The number of nitrogens with zero attached hydrogens (tertiary/aromatic N) is 3. The van der Waals surface area contributed by atoms with E-state index in [2.05, 4.69) is 27.1 Å². The second kappa shape index (κ2) is 4.85. The fourth-order valence-electron chi connectivity index (χ4n) is 2.13. The Balaban J connectivity index is 2.20. The van der Waals surface area contributed by atoms with Gasteiger partial charge in [0, 0.05) is 34.6 Å². The smallest absolute Gasteiger partial charge is 0.161 e. The third-order valence-corrected chi connectivity index (χ3v) is 3.28. The van der Waals surface area contributed by atoms with Crippen LogP contribution in [0, 0.1) is 0 Å². The molecule has 0 aromatic carbocycles. The summed E-state index contributed by atoms with van der Waals surface area (Å²) in [5.41, 5.74) is 4.05. The van der Waals surface area contributed by atoms with E-state index in [0.29, 0.717) is 11.2 Å². The second-order valence-electron chi connectivity index (χ2n) is 4.64. The average molecular weight is 266 g/mol. The minimum Gasteiger partial charge on any atom is -0.294 e. The molecular weight excluding hydrogens is 252 g/mol. The topological polar surface area (TPSA) is 71.5 Å². The molecule has 0 bridgehead atoms. The highest BCUT2D eigenvalue weighted by Gasteiger charge is 2.11. The lowest BCUT2D eigenvalue weighted by Gasteiger charge is -2.01. The molecule has 0 amide bonds. The SMILES string of the molecule is CCc1cc(-c2n[nH]c3ncc(C(C)=O)cc23)ccn1. The van der Waals surface area contributed by atoms with Gasteiger partial charge in [0.05, 0.1) is 0 Å². The molecule has 0 saturated carbocycles. The van der Waals surface area contributed by atoms with E-state index in [1.165, 1.54) is 6.92 Å². The van der Waals surface area contributed by atoms with Gasteiger partial charge in [-0.3, -0.25) is 14.9 Å². The highest BCUT2D eigenvalue weighted by atomic mass is 16.1. The van der Waals surface area contributed by atoms with Crippen LogP contribution in [0.2, 0.25) is 0 Å². The predicted molar refractivity (Wildman–Crippen MR) is 76.5 cm³/mol. The zero-order chi connectivity index (χ0) is 14.1. The normalized spacial score (nSPS) is 10.9. The van der Waals surface area contributed by atoms with Crippen molar-refractivity contribution in [2.45, 2.75) is 20.3 Å². The van der Waals surface area contributed by atoms with E-state index in [1.54, 1.807) is 12.4 Å². The Hall–Kier alpha value is -2.56. The molecule has 20 heavy (non-hydrogen) atoms. The molecule has 5 nitrogen and oxygen atoms in total. The van der Waals surface area contributed by atoms with Crippen molar-refractivity contribution in [3.63, 3.8) is 0 Å². The summed E-state index contributed by atoms with van der Waals surface area (Å²) in [5.74, 6) is -0.00414. The summed E-state index contributed by atoms with van der Waals surface area (Å²) in [4.78, 5) is 20.0. The van der Waals surface area contributed by atoms with Crippen molar-refractivity contribution in [1.29, 1.82) is 0 Å². The molecule has 3 rings (SSSR count). The first-order chi connectivity index (χ1) is 9.69. The van der Waals surface area contributed by atoms with Gasteiger partial charge < -0.3 is 0 Å². The number of aryl methyl sites for hydroxylation is 1. The maximum atomic E-state index is 11.5. The van der Waals surface area contributed by atoms with Gasteiger partial charge in [0.2, 0.25) is 0 Å². The summed E-state index contributed by atoms with van der Waals surface area (Å²) in [5, 5.41) is 8.07. The van der Waals surface area contributed by atoms with Gasteiger partial charge in [0.25, 0.3) is 0 Å². The molecular formula is C15H14N4O. The Kier molecular flexibility index (Phi) is 3.02. The molecule has 0 saturated heterocycles. The van der Waals surface area contributed by atoms with Crippen LogP contribution in [0.1, 0.15) is 29.9 Å². The van der Waals surface area contributed by atoms with Crippen molar-refractivity contribution in [2.75, 3.05) is 0 Å². The number of H-pyrrole nitrogens is 1. The van der Waals surface area contributed by atoms with Crippen LogP contribution in [0.5, 0.6) is 0 Å². The average Bonchev–Trinajstić information content (AvgIpc) is 2.90. The van der Waals surface area contributed by atoms with Gasteiger partial charge >= 0.3 is 0 Å². The van der Waals surface area contributed by atoms with E-state index in [4.69, 9.17) is 0 Å². The largest absolute Gasteiger partial charge is 0.294 e. The van der Waals surface area contributed by atoms with Gasteiger partial charge in [0.15, 0.2) is 11.4 Å². The minimum atomic E-state index is -0.00414. The number of aromatic nitrogens is 4. The number of carbonyl (C=O) groups is 1. The summed E-state index contributed by atoms with van der Waals surface area (Å²) in [6.07, 6.45) is 4.21. The van der Waals surface area contributed by atoms with Crippen molar-refractivity contribution < 1.29 is 4.79 Å². The zero-order valence-corrected chi connectivity index (χ0v) is 11.3. The number of fused-ring (bicyclic) bond motifs is 1. The zero-order valence-electron chi connectivity index (χ0n) is 11.3. The van der Waals surface area contributed by atoms with Gasteiger partial charge in [-0.05, 0) is 31.5 Å². The summed E-state index contributed by atoms with van der Waals surface area (Å²) >= 11 is 0. The molecule has 0 unspecified atom stereocenters. The van der Waals surface area contributed by atoms with Gasteiger partial charge in [-0.25, -0.2) is 4.98 Å². The number of nitrogens with one attached hydrogen (secondary N) is 1. The summed E-state index contributed by atoms with van der Waals surface area (Å²) in [7, 11) is 0. The highest BCUT2D eigenvalue weighted by molar-refractivity contribution is 5.99. The Bertz CT molecular complexity index is 791. The van der Waals surface area contributed by atoms with Crippen LogP contribution in [0.4, 0.5) is 0 Å². The minimum absolute atomic E-state index is 0.00414. The molecule has 3 heterocycles. The van der Waals surface area contributed by atoms with Crippen LogP contribution in [0.15, 0.2) is 30.6 Å². The molecule has 3 aromatic rings. The fraction of sp³-hybridized carbons (Fsp3) is 0.200. The van der Waals surface area contributed by atoms with E-state index in [1.807, 2.05) is 18.2 Å². The van der Waals surface area contributed by atoms with E-state index in [9.17, 15) is 4.79 Å². The fourth-order valence-corrected chi connectivity index (χ4v) is 2.13. The van der Waals surface area contributed by atoms with Gasteiger partial charge in [-0.1, -0.05) is 6.92 Å². The number of carbonyl (C=O) groups excluding carboxylic acids is 1. The molecule has 0 aliphatic heterocycles. The summed E-state index contributed by atoms with van der Waals surface area (Å²) in [6.45, 7) is 3.59. The molecule has 0 atom stereocenters. The van der Waals surface area contributed by atoms with E-state index >= 15 is 0 Å². The van der Waals surface area contributed by atoms with Crippen molar-refractivity contribution in [1.82, 2.24) is 20.2 Å². The second-order valence-corrected chi connectivity index (χ2v) is 4.64. The predicted octanol–water partition coefficient (Wildman–Crippen LogP) is 2.78. The quantitative estimate of drug-likeness (QED) is 0.740. The maximum Gasteiger partial charge on any atom is 0.161 e. The molecule has 3 aromatic heterocycles. The molecule has 100 valence electrons. The van der Waals surface area contributed by atoms with Crippen molar-refractivity contribution in [3.8, 4) is 11.3 Å². The number of ketones is 1. The summed E-state index contributed by atoms with van der Waals surface area (Å²) in [6, 6.07) is 5.75. The lowest BCUT2D eigenvalue weighted by Crippen LogP contribution is -1.93. The number of rotatable bonds is 3. The summed E-state index contributed by atoms with van der Waals surface area (Å²) < 4.78 is 0. The van der Waals surface area contributed by atoms with Crippen LogP contribution in [-0.2, 0) is 6.42 Å². The lowest BCUT2D eigenvalue weighted by molar-refractivity contribution is 0.101. The van der Waals surface area contributed by atoms with Crippen molar-refractivity contribution in [2.24, 2.45) is 0 Å². The third kappa shape index (κ3) is 2.07. The standard InChI is InChI=1S/C15H14N4O/c1-3-12-6-10(4-5-16-12)14-13-7-11(9(2)20)8-17-15(13)19-18-14/h4-8H,3H2,1-2H3,(H,17,18,19). The Labute approximate surface area is 116 Å². The number of hydrogen-bond donors (Lipinski definition) is 1. The van der Waals surface area contributed by atoms with Crippen molar-refractivity contribution >= 4 is 16.8 Å². The van der Waals surface area contributed by atoms with Gasteiger partial charge in [-0.2, -0.15) is 5.10 Å².